The minimum atomic E-state index is 0. The van der Waals surface area contributed by atoms with Crippen molar-refractivity contribution in [1.29, 1.82) is 0 Å². The standard InChI is InChI=1S/C20H24N2.C2H6.CH4O.H2/c1-13-5-7-17-11-18(22-20(17)9-6-13)8-10-19-16(4)15(3)14(2)12-21-19;2*1-2;/h5-7,9,11-13,22H,8,10H2,1-4H3;1-2H3;2H,1H3;1H. The molecule has 144 valence electrons. The van der Waals surface area contributed by atoms with E-state index in [4.69, 9.17) is 5.11 Å². The van der Waals surface area contributed by atoms with Crippen LogP contribution in [0.15, 0.2) is 24.4 Å². The summed E-state index contributed by atoms with van der Waals surface area (Å²) in [7, 11) is 1.00. The van der Waals surface area contributed by atoms with Crippen molar-refractivity contribution in [3.05, 3.63) is 63.8 Å². The summed E-state index contributed by atoms with van der Waals surface area (Å²) in [6, 6.07) is 2.27. The third-order valence-corrected chi connectivity index (χ3v) is 4.71. The van der Waals surface area contributed by atoms with Crippen LogP contribution in [0.25, 0.3) is 12.2 Å². The summed E-state index contributed by atoms with van der Waals surface area (Å²) in [5.74, 6) is 0.506. The first-order chi connectivity index (χ1) is 12.5. The molecule has 2 N–H and O–H groups in total. The van der Waals surface area contributed by atoms with E-state index >= 15 is 0 Å². The molecule has 0 fully saturated rings. The van der Waals surface area contributed by atoms with E-state index in [0.717, 1.165) is 20.0 Å². The SMILES string of the molecule is CC.CO.Cc1cnc(CCc2cc3c([nH]2)C=CC(C)C=C3)c(C)c1C.[HH]. The average Bonchev–Trinajstić information content (AvgIpc) is 2.99. The maximum atomic E-state index is 7.00. The topological polar surface area (TPSA) is 48.9 Å². The summed E-state index contributed by atoms with van der Waals surface area (Å²) < 4.78 is 0. The lowest BCUT2D eigenvalue weighted by molar-refractivity contribution is 0.399. The van der Waals surface area contributed by atoms with Crippen LogP contribution in [-0.2, 0) is 12.8 Å². The van der Waals surface area contributed by atoms with Crippen molar-refractivity contribution in [1.82, 2.24) is 9.97 Å². The molecular weight excluding hydrogens is 320 g/mol. The molecule has 1 unspecified atom stereocenters. The zero-order chi connectivity index (χ0) is 19.7. The molecule has 0 bridgehead atoms. The molecule has 1 atom stereocenters. The number of rotatable bonds is 3. The predicted molar refractivity (Wildman–Crippen MR) is 115 cm³/mol. The zero-order valence-electron chi connectivity index (χ0n) is 17.4. The van der Waals surface area contributed by atoms with Crippen LogP contribution >= 0.6 is 0 Å². The fourth-order valence-electron chi connectivity index (χ4n) is 2.91. The van der Waals surface area contributed by atoms with Crippen LogP contribution in [0.1, 0.15) is 61.5 Å². The fraction of sp³-hybridized carbons (Fsp3) is 0.435. The Kier molecular flexibility index (Phi) is 9.08. The van der Waals surface area contributed by atoms with E-state index < -0.39 is 0 Å². The van der Waals surface area contributed by atoms with Gasteiger partial charge in [-0.15, -0.1) is 0 Å². The summed E-state index contributed by atoms with van der Waals surface area (Å²) in [5, 5.41) is 7.00. The molecular formula is C23H36N2O. The molecule has 0 aromatic carbocycles. The van der Waals surface area contributed by atoms with E-state index in [-0.39, 0.29) is 1.43 Å². The molecule has 3 rings (SSSR count). The molecule has 0 saturated heterocycles. The van der Waals surface area contributed by atoms with Crippen molar-refractivity contribution in [2.24, 2.45) is 5.92 Å². The van der Waals surface area contributed by atoms with Gasteiger partial charge in [0.2, 0.25) is 0 Å². The highest BCUT2D eigenvalue weighted by Gasteiger charge is 2.09. The van der Waals surface area contributed by atoms with Crippen molar-refractivity contribution in [2.45, 2.75) is 54.4 Å². The minimum absolute atomic E-state index is 0. The van der Waals surface area contributed by atoms with Crippen molar-refractivity contribution < 1.29 is 6.53 Å². The second-order valence-electron chi connectivity index (χ2n) is 6.38. The molecule has 3 nitrogen and oxygen atoms in total. The van der Waals surface area contributed by atoms with E-state index in [2.05, 4.69) is 68.0 Å². The van der Waals surface area contributed by atoms with E-state index in [1.165, 1.54) is 39.3 Å². The highest BCUT2D eigenvalue weighted by molar-refractivity contribution is 5.66. The van der Waals surface area contributed by atoms with Crippen LogP contribution in [0.2, 0.25) is 0 Å². The zero-order valence-corrected chi connectivity index (χ0v) is 17.4. The first-order valence-corrected chi connectivity index (χ1v) is 9.49. The van der Waals surface area contributed by atoms with Gasteiger partial charge in [-0.05, 0) is 73.9 Å². The predicted octanol–water partition coefficient (Wildman–Crippen LogP) is 5.68. The monoisotopic (exact) mass is 356 g/mol. The summed E-state index contributed by atoms with van der Waals surface area (Å²) >= 11 is 0. The minimum Gasteiger partial charge on any atom is -0.400 e. The third kappa shape index (κ3) is 5.43. The number of hydrogen-bond donors (Lipinski definition) is 2. The van der Waals surface area contributed by atoms with Gasteiger partial charge < -0.3 is 10.1 Å². The second kappa shape index (κ2) is 10.8. The number of aryl methyl sites for hydroxylation is 3. The van der Waals surface area contributed by atoms with E-state index in [9.17, 15) is 0 Å². The Morgan fingerprint density at radius 3 is 2.38 bits per heavy atom. The summed E-state index contributed by atoms with van der Waals surface area (Å²) in [5.41, 5.74) is 8.99. The Morgan fingerprint density at radius 2 is 1.69 bits per heavy atom. The number of H-pyrrole nitrogens is 1. The number of allylic oxidation sites excluding steroid dienone is 2. The third-order valence-electron chi connectivity index (χ3n) is 4.71. The Bertz CT molecular complexity index is 728. The largest absolute Gasteiger partial charge is 0.400 e. The Morgan fingerprint density at radius 1 is 1.04 bits per heavy atom. The molecule has 0 saturated carbocycles. The number of aromatic nitrogens is 2. The van der Waals surface area contributed by atoms with Crippen LogP contribution in [0.5, 0.6) is 0 Å². The van der Waals surface area contributed by atoms with Crippen molar-refractivity contribution >= 4 is 12.2 Å². The number of aromatic amines is 1. The van der Waals surface area contributed by atoms with Gasteiger partial charge in [-0.2, -0.15) is 0 Å². The van der Waals surface area contributed by atoms with Gasteiger partial charge in [-0.25, -0.2) is 0 Å². The number of pyridine rings is 1. The van der Waals surface area contributed by atoms with E-state index in [0.29, 0.717) is 5.92 Å². The first-order valence-electron chi connectivity index (χ1n) is 9.49. The van der Waals surface area contributed by atoms with Crippen LogP contribution in [-0.4, -0.2) is 22.2 Å². The van der Waals surface area contributed by atoms with Crippen molar-refractivity contribution in [3.8, 4) is 0 Å². The Labute approximate surface area is 160 Å². The number of fused-ring (bicyclic) bond motifs is 1. The van der Waals surface area contributed by atoms with Crippen LogP contribution in [0, 0.1) is 26.7 Å². The number of aliphatic hydroxyl groups excluding tert-OH is 1. The molecule has 1 aliphatic rings. The van der Waals surface area contributed by atoms with Crippen LogP contribution in [0.4, 0.5) is 0 Å². The lowest BCUT2D eigenvalue weighted by atomic mass is 10.0. The molecule has 2 heterocycles. The van der Waals surface area contributed by atoms with Gasteiger partial charge >= 0.3 is 0 Å². The molecule has 0 aliphatic heterocycles. The number of hydrogen-bond acceptors (Lipinski definition) is 2. The Balaban J connectivity index is 0.00000127. The lowest BCUT2D eigenvalue weighted by Crippen LogP contribution is -2.01. The number of aliphatic hydroxyl groups is 1. The maximum absolute atomic E-state index is 7.00. The quantitative estimate of drug-likeness (QED) is 0.743. The summed E-state index contributed by atoms with van der Waals surface area (Å²) in [6.45, 7) is 12.7. The highest BCUT2D eigenvalue weighted by atomic mass is 16.2. The second-order valence-corrected chi connectivity index (χ2v) is 6.38. The molecule has 0 spiro atoms. The molecule has 0 radical (unpaired) electrons. The smallest absolute Gasteiger partial charge is 0.0452 e. The normalized spacial score (nSPS) is 14.5. The van der Waals surface area contributed by atoms with Crippen molar-refractivity contribution in [3.63, 3.8) is 0 Å². The fourth-order valence-corrected chi connectivity index (χ4v) is 2.91. The van der Waals surface area contributed by atoms with Gasteiger partial charge in [0.25, 0.3) is 0 Å². The number of nitrogens with one attached hydrogen (secondary N) is 1. The summed E-state index contributed by atoms with van der Waals surface area (Å²) in [6.07, 6.45) is 12.9. The maximum Gasteiger partial charge on any atom is 0.0452 e. The molecule has 2 aromatic heterocycles. The molecule has 3 heteroatoms. The highest BCUT2D eigenvalue weighted by Crippen LogP contribution is 2.22. The van der Waals surface area contributed by atoms with E-state index in [1.807, 2.05) is 20.0 Å². The molecule has 0 amide bonds. The average molecular weight is 357 g/mol. The number of nitrogens with zero attached hydrogens (tertiary/aromatic N) is 1. The van der Waals surface area contributed by atoms with E-state index in [1.54, 1.807) is 0 Å². The van der Waals surface area contributed by atoms with Gasteiger partial charge in [0.1, 0.15) is 0 Å². The van der Waals surface area contributed by atoms with Gasteiger partial charge in [-0.3, -0.25) is 4.98 Å². The Hall–Kier alpha value is -2.13. The summed E-state index contributed by atoms with van der Waals surface area (Å²) in [4.78, 5) is 8.16. The van der Waals surface area contributed by atoms with Crippen LogP contribution in [0.3, 0.4) is 0 Å². The first kappa shape index (κ1) is 21.9. The van der Waals surface area contributed by atoms with Gasteiger partial charge in [-0.1, -0.05) is 39.0 Å². The van der Waals surface area contributed by atoms with Gasteiger partial charge in [0.15, 0.2) is 0 Å². The molecule has 1 aliphatic carbocycles. The molecule has 26 heavy (non-hydrogen) atoms. The van der Waals surface area contributed by atoms with Crippen molar-refractivity contribution in [2.75, 3.05) is 7.11 Å². The molecule has 2 aromatic rings. The van der Waals surface area contributed by atoms with Gasteiger partial charge in [0.05, 0.1) is 0 Å². The van der Waals surface area contributed by atoms with Gasteiger partial charge in [0, 0.05) is 31.8 Å². The lowest BCUT2D eigenvalue weighted by Gasteiger charge is -2.09. The van der Waals surface area contributed by atoms with Crippen LogP contribution < -0.4 is 0 Å².